The van der Waals surface area contributed by atoms with Crippen molar-refractivity contribution in [1.82, 2.24) is 5.32 Å². The van der Waals surface area contributed by atoms with Crippen molar-refractivity contribution >= 4 is 5.97 Å². The summed E-state index contributed by atoms with van der Waals surface area (Å²) in [5.41, 5.74) is 0.972. The zero-order valence-corrected chi connectivity index (χ0v) is 9.80. The van der Waals surface area contributed by atoms with Gasteiger partial charge in [-0.05, 0) is 12.5 Å². The topological polar surface area (TPSA) is 58.6 Å². The largest absolute Gasteiger partial charge is 0.457 e. The Morgan fingerprint density at radius 2 is 2.18 bits per heavy atom. The molecule has 0 aromatic heterocycles. The van der Waals surface area contributed by atoms with E-state index >= 15 is 0 Å². The first-order valence-corrected chi connectivity index (χ1v) is 5.83. The van der Waals surface area contributed by atoms with E-state index in [1.54, 1.807) is 0 Å². The Balaban J connectivity index is 1.91. The fourth-order valence-corrected chi connectivity index (χ4v) is 1.95. The van der Waals surface area contributed by atoms with Crippen LogP contribution in [0, 0.1) is 0 Å². The van der Waals surface area contributed by atoms with Crippen molar-refractivity contribution in [2.45, 2.75) is 31.6 Å². The maximum absolute atomic E-state index is 11.8. The van der Waals surface area contributed by atoms with Crippen LogP contribution in [-0.4, -0.2) is 29.8 Å². The molecule has 17 heavy (non-hydrogen) atoms. The number of ether oxygens (including phenoxy) is 1. The van der Waals surface area contributed by atoms with E-state index in [1.807, 2.05) is 37.3 Å². The molecule has 0 radical (unpaired) electrons. The zero-order valence-electron chi connectivity index (χ0n) is 9.80. The van der Waals surface area contributed by atoms with Crippen LogP contribution in [0.25, 0.3) is 0 Å². The summed E-state index contributed by atoms with van der Waals surface area (Å²) in [4.78, 5) is 11.8. The molecule has 1 aliphatic rings. The first-order valence-electron chi connectivity index (χ1n) is 5.83. The number of benzene rings is 1. The molecule has 1 saturated heterocycles. The Labute approximate surface area is 101 Å². The van der Waals surface area contributed by atoms with Crippen molar-refractivity contribution in [1.29, 1.82) is 0 Å². The normalized spacial score (nSPS) is 25.5. The molecule has 1 unspecified atom stereocenters. The SMILES string of the molecule is CC(OC(=O)[C@@H]1C[C@@H](O)CN1)c1ccccc1. The van der Waals surface area contributed by atoms with E-state index in [0.717, 1.165) is 5.56 Å². The van der Waals surface area contributed by atoms with E-state index in [-0.39, 0.29) is 18.1 Å². The molecule has 1 heterocycles. The smallest absolute Gasteiger partial charge is 0.323 e. The number of rotatable bonds is 3. The van der Waals surface area contributed by atoms with Gasteiger partial charge in [-0.1, -0.05) is 30.3 Å². The highest BCUT2D eigenvalue weighted by Gasteiger charge is 2.30. The highest BCUT2D eigenvalue weighted by molar-refractivity contribution is 5.76. The minimum absolute atomic E-state index is 0.261. The second kappa shape index (κ2) is 5.29. The molecule has 0 saturated carbocycles. The van der Waals surface area contributed by atoms with Gasteiger partial charge in [-0.3, -0.25) is 4.79 Å². The van der Waals surface area contributed by atoms with Crippen molar-refractivity contribution in [2.75, 3.05) is 6.54 Å². The number of aliphatic hydroxyl groups is 1. The summed E-state index contributed by atoms with van der Waals surface area (Å²) in [7, 11) is 0. The van der Waals surface area contributed by atoms with Gasteiger partial charge in [-0.2, -0.15) is 0 Å². The lowest BCUT2D eigenvalue weighted by molar-refractivity contribution is -0.150. The van der Waals surface area contributed by atoms with Crippen LogP contribution < -0.4 is 5.32 Å². The van der Waals surface area contributed by atoms with Gasteiger partial charge in [0, 0.05) is 13.0 Å². The summed E-state index contributed by atoms with van der Waals surface area (Å²) >= 11 is 0. The van der Waals surface area contributed by atoms with Gasteiger partial charge >= 0.3 is 5.97 Å². The maximum atomic E-state index is 11.8. The Bertz CT molecular complexity index is 380. The Hall–Kier alpha value is -1.39. The molecule has 3 atom stereocenters. The number of hydrogen-bond acceptors (Lipinski definition) is 4. The summed E-state index contributed by atoms with van der Waals surface area (Å²) in [6.45, 7) is 2.30. The minimum atomic E-state index is -0.445. The van der Waals surface area contributed by atoms with Crippen LogP contribution in [0.1, 0.15) is 25.0 Å². The molecule has 0 amide bonds. The molecule has 4 heteroatoms. The molecule has 2 rings (SSSR count). The fourth-order valence-electron chi connectivity index (χ4n) is 1.95. The molecule has 2 N–H and O–H groups in total. The van der Waals surface area contributed by atoms with Crippen LogP contribution in [0.15, 0.2) is 30.3 Å². The molecule has 0 bridgehead atoms. The van der Waals surface area contributed by atoms with Crippen molar-refractivity contribution in [3.05, 3.63) is 35.9 Å². The molecule has 0 aliphatic carbocycles. The first kappa shape index (κ1) is 12.1. The second-order valence-electron chi connectivity index (χ2n) is 4.34. The predicted octanol–water partition coefficient (Wildman–Crippen LogP) is 1.01. The molecule has 92 valence electrons. The van der Waals surface area contributed by atoms with Gasteiger partial charge in [0.05, 0.1) is 6.10 Å². The molecule has 4 nitrogen and oxygen atoms in total. The number of nitrogens with one attached hydrogen (secondary N) is 1. The van der Waals surface area contributed by atoms with Crippen molar-refractivity contribution < 1.29 is 14.6 Å². The lowest BCUT2D eigenvalue weighted by Gasteiger charge is -2.16. The summed E-state index contributed by atoms with van der Waals surface area (Å²) in [5, 5.41) is 12.3. The van der Waals surface area contributed by atoms with Crippen LogP contribution in [0.3, 0.4) is 0 Å². The van der Waals surface area contributed by atoms with Gasteiger partial charge in [0.2, 0.25) is 0 Å². The Morgan fingerprint density at radius 1 is 1.47 bits per heavy atom. The highest BCUT2D eigenvalue weighted by atomic mass is 16.5. The van der Waals surface area contributed by atoms with Gasteiger partial charge in [0.1, 0.15) is 12.1 Å². The molecular formula is C13H17NO3. The van der Waals surface area contributed by atoms with E-state index in [1.165, 1.54) is 0 Å². The van der Waals surface area contributed by atoms with Gasteiger partial charge in [0.15, 0.2) is 0 Å². The standard InChI is InChI=1S/C13H17NO3/c1-9(10-5-3-2-4-6-10)17-13(16)12-7-11(15)8-14-12/h2-6,9,11-12,14-15H,7-8H2,1H3/t9?,11-,12+/m1/s1. The number of aliphatic hydroxyl groups excluding tert-OH is 1. The van der Waals surface area contributed by atoms with Gasteiger partial charge in [-0.25, -0.2) is 0 Å². The third-order valence-corrected chi connectivity index (χ3v) is 2.95. The number of hydrogen-bond donors (Lipinski definition) is 2. The third kappa shape index (κ3) is 3.05. The molecule has 1 fully saturated rings. The summed E-state index contributed by atoms with van der Waals surface area (Å²) < 4.78 is 5.36. The van der Waals surface area contributed by atoms with Gasteiger partial charge in [0.25, 0.3) is 0 Å². The number of carbonyl (C=O) groups is 1. The molecule has 1 aromatic rings. The van der Waals surface area contributed by atoms with Crippen LogP contribution in [-0.2, 0) is 9.53 Å². The monoisotopic (exact) mass is 235 g/mol. The quantitative estimate of drug-likeness (QED) is 0.768. The van der Waals surface area contributed by atoms with E-state index in [0.29, 0.717) is 13.0 Å². The van der Waals surface area contributed by atoms with Crippen LogP contribution in [0.5, 0.6) is 0 Å². The lowest BCUT2D eigenvalue weighted by atomic mass is 10.1. The highest BCUT2D eigenvalue weighted by Crippen LogP contribution is 2.18. The lowest BCUT2D eigenvalue weighted by Crippen LogP contribution is -2.32. The summed E-state index contributed by atoms with van der Waals surface area (Å²) in [6, 6.07) is 9.22. The average Bonchev–Trinajstić information content (AvgIpc) is 2.77. The van der Waals surface area contributed by atoms with E-state index < -0.39 is 6.10 Å². The molecular weight excluding hydrogens is 218 g/mol. The minimum Gasteiger partial charge on any atom is -0.457 e. The fraction of sp³-hybridized carbons (Fsp3) is 0.462. The number of esters is 1. The first-order chi connectivity index (χ1) is 8.16. The van der Waals surface area contributed by atoms with Crippen LogP contribution in [0.4, 0.5) is 0 Å². The van der Waals surface area contributed by atoms with E-state index in [2.05, 4.69) is 5.32 Å². The maximum Gasteiger partial charge on any atom is 0.323 e. The molecule has 0 spiro atoms. The number of β-amino-alcohol motifs (C(OH)–C–C–N with tert-alkyl or cyclic N) is 1. The van der Waals surface area contributed by atoms with Crippen molar-refractivity contribution in [3.8, 4) is 0 Å². The van der Waals surface area contributed by atoms with Gasteiger partial charge < -0.3 is 15.2 Å². The summed E-state index contributed by atoms with van der Waals surface area (Å²) in [5.74, 6) is -0.294. The Kier molecular flexibility index (Phi) is 3.76. The van der Waals surface area contributed by atoms with Crippen LogP contribution >= 0.6 is 0 Å². The Morgan fingerprint density at radius 3 is 2.76 bits per heavy atom. The van der Waals surface area contributed by atoms with Crippen LogP contribution in [0.2, 0.25) is 0 Å². The van der Waals surface area contributed by atoms with Crippen molar-refractivity contribution in [3.63, 3.8) is 0 Å². The second-order valence-corrected chi connectivity index (χ2v) is 4.34. The summed E-state index contributed by atoms with van der Waals surface area (Å²) in [6.07, 6.45) is -0.275. The third-order valence-electron chi connectivity index (χ3n) is 2.95. The van der Waals surface area contributed by atoms with E-state index in [9.17, 15) is 9.90 Å². The zero-order chi connectivity index (χ0) is 12.3. The molecule has 1 aromatic carbocycles. The average molecular weight is 235 g/mol. The number of carbonyl (C=O) groups excluding carboxylic acids is 1. The molecule has 1 aliphatic heterocycles. The van der Waals surface area contributed by atoms with E-state index in [4.69, 9.17) is 4.74 Å². The predicted molar refractivity (Wildman–Crippen MR) is 63.4 cm³/mol. The van der Waals surface area contributed by atoms with Gasteiger partial charge in [-0.15, -0.1) is 0 Å². The van der Waals surface area contributed by atoms with Crippen molar-refractivity contribution in [2.24, 2.45) is 0 Å².